The maximum absolute atomic E-state index is 12.2. The van der Waals surface area contributed by atoms with E-state index in [4.69, 9.17) is 0 Å². The lowest BCUT2D eigenvalue weighted by molar-refractivity contribution is 0.102. The Kier molecular flexibility index (Phi) is 3.90. The van der Waals surface area contributed by atoms with E-state index in [0.717, 1.165) is 15.5 Å². The second-order valence-corrected chi connectivity index (χ2v) is 6.13. The molecule has 0 atom stereocenters. The van der Waals surface area contributed by atoms with Crippen molar-refractivity contribution < 1.29 is 4.79 Å². The fourth-order valence-corrected chi connectivity index (χ4v) is 2.74. The van der Waals surface area contributed by atoms with E-state index in [1.807, 2.05) is 30.3 Å². The molecule has 1 aromatic carbocycles. The quantitative estimate of drug-likeness (QED) is 0.421. The average Bonchev–Trinajstić information content (AvgIpc) is 3.26. The molecule has 0 fully saturated rings. The number of benzene rings is 1. The van der Waals surface area contributed by atoms with Crippen LogP contribution in [0.15, 0.2) is 53.4 Å². The first kappa shape index (κ1) is 15.3. The van der Waals surface area contributed by atoms with E-state index in [1.54, 1.807) is 6.20 Å². The molecule has 9 heteroatoms. The minimum Gasteiger partial charge on any atom is -0.346 e. The number of amides is 1. The molecule has 0 aliphatic carbocycles. The van der Waals surface area contributed by atoms with Crippen LogP contribution in [0.5, 0.6) is 0 Å². The van der Waals surface area contributed by atoms with Crippen molar-refractivity contribution in [2.24, 2.45) is 0 Å². The monoisotopic (exact) mass is 397 g/mol. The molecule has 0 bridgehead atoms. The summed E-state index contributed by atoms with van der Waals surface area (Å²) in [4.78, 5) is 24.0. The first-order valence-corrected chi connectivity index (χ1v) is 8.16. The lowest BCUT2D eigenvalue weighted by Crippen LogP contribution is -2.14. The van der Waals surface area contributed by atoms with Crippen LogP contribution in [0, 0.1) is 0 Å². The molecule has 4 aromatic rings. The summed E-state index contributed by atoms with van der Waals surface area (Å²) in [6, 6.07) is 9.59. The van der Waals surface area contributed by atoms with Gasteiger partial charge in [-0.2, -0.15) is 15.1 Å². The van der Waals surface area contributed by atoms with Gasteiger partial charge in [-0.15, -0.1) is 0 Å². The zero-order valence-electron chi connectivity index (χ0n) is 12.7. The molecule has 0 aliphatic heterocycles. The number of aromatic amines is 2. The number of H-pyrrole nitrogens is 2. The number of aromatic nitrogens is 5. The molecule has 0 saturated carbocycles. The third-order valence-electron chi connectivity index (χ3n) is 3.49. The van der Waals surface area contributed by atoms with Crippen LogP contribution in [0.2, 0.25) is 0 Å². The molecule has 4 rings (SSSR count). The standard InChI is InChI=1S/C16H12BrN7O/c17-10-2-1-3-11(6-10)21-14-12-4-5-18-13(12)22-16(23-14)24-15(25)9-7-19-20-8-9/h1-8H,(H,19,20)(H3,18,21,22,23,24,25). The Hall–Kier alpha value is -3.20. The molecule has 0 saturated heterocycles. The number of hydrogen-bond acceptors (Lipinski definition) is 5. The summed E-state index contributed by atoms with van der Waals surface area (Å²) < 4.78 is 0.949. The van der Waals surface area contributed by atoms with Crippen molar-refractivity contribution in [3.63, 3.8) is 0 Å². The summed E-state index contributed by atoms with van der Waals surface area (Å²) in [6.07, 6.45) is 4.71. The highest BCUT2D eigenvalue weighted by molar-refractivity contribution is 9.10. The van der Waals surface area contributed by atoms with E-state index < -0.39 is 0 Å². The van der Waals surface area contributed by atoms with Crippen LogP contribution in [0.3, 0.4) is 0 Å². The van der Waals surface area contributed by atoms with Gasteiger partial charge in [0.2, 0.25) is 5.95 Å². The first-order valence-electron chi connectivity index (χ1n) is 7.37. The summed E-state index contributed by atoms with van der Waals surface area (Å²) in [6.45, 7) is 0. The molecular weight excluding hydrogens is 386 g/mol. The zero-order chi connectivity index (χ0) is 17.2. The SMILES string of the molecule is O=C(Nc1nc(Nc2cccc(Br)c2)c2cc[nH]c2n1)c1cn[nH]c1. The fourth-order valence-electron chi connectivity index (χ4n) is 2.34. The summed E-state index contributed by atoms with van der Waals surface area (Å²) in [5, 5.41) is 13.1. The Morgan fingerprint density at radius 2 is 2.12 bits per heavy atom. The number of fused-ring (bicyclic) bond motifs is 1. The normalized spacial score (nSPS) is 10.8. The van der Waals surface area contributed by atoms with E-state index >= 15 is 0 Å². The molecule has 124 valence electrons. The highest BCUT2D eigenvalue weighted by Crippen LogP contribution is 2.26. The molecule has 0 aliphatic rings. The second-order valence-electron chi connectivity index (χ2n) is 5.21. The van der Waals surface area contributed by atoms with Crippen molar-refractivity contribution >= 4 is 50.3 Å². The number of halogens is 1. The molecule has 0 radical (unpaired) electrons. The van der Waals surface area contributed by atoms with Gasteiger partial charge < -0.3 is 10.3 Å². The summed E-state index contributed by atoms with van der Waals surface area (Å²) in [5.74, 6) is 0.443. The van der Waals surface area contributed by atoms with Gasteiger partial charge in [0.15, 0.2) is 0 Å². The van der Waals surface area contributed by atoms with Gasteiger partial charge in [-0.25, -0.2) is 0 Å². The van der Waals surface area contributed by atoms with Gasteiger partial charge in [-0.05, 0) is 24.3 Å². The molecule has 4 N–H and O–H groups in total. The second kappa shape index (κ2) is 6.36. The van der Waals surface area contributed by atoms with Crippen LogP contribution in [-0.2, 0) is 0 Å². The van der Waals surface area contributed by atoms with Crippen LogP contribution in [0.25, 0.3) is 11.0 Å². The summed E-state index contributed by atoms with van der Waals surface area (Å²) in [5.41, 5.74) is 1.88. The molecule has 3 aromatic heterocycles. The molecule has 0 unspecified atom stereocenters. The van der Waals surface area contributed by atoms with E-state index in [0.29, 0.717) is 17.0 Å². The summed E-state index contributed by atoms with van der Waals surface area (Å²) in [7, 11) is 0. The Balaban J connectivity index is 1.68. The topological polar surface area (TPSA) is 111 Å². The van der Waals surface area contributed by atoms with Crippen molar-refractivity contribution in [3.8, 4) is 0 Å². The van der Waals surface area contributed by atoms with E-state index in [-0.39, 0.29) is 11.9 Å². The van der Waals surface area contributed by atoms with Crippen molar-refractivity contribution in [1.82, 2.24) is 25.1 Å². The third-order valence-corrected chi connectivity index (χ3v) is 3.98. The maximum atomic E-state index is 12.2. The minimum absolute atomic E-state index is 0.193. The van der Waals surface area contributed by atoms with Crippen LogP contribution in [0.4, 0.5) is 17.5 Å². The maximum Gasteiger partial charge on any atom is 0.261 e. The highest BCUT2D eigenvalue weighted by atomic mass is 79.9. The largest absolute Gasteiger partial charge is 0.346 e. The van der Waals surface area contributed by atoms with Crippen LogP contribution >= 0.6 is 15.9 Å². The number of rotatable bonds is 4. The Morgan fingerprint density at radius 1 is 1.20 bits per heavy atom. The Bertz CT molecular complexity index is 1040. The van der Waals surface area contributed by atoms with E-state index in [9.17, 15) is 4.79 Å². The van der Waals surface area contributed by atoms with Gasteiger partial charge in [-0.3, -0.25) is 15.2 Å². The Morgan fingerprint density at radius 3 is 2.92 bits per heavy atom. The van der Waals surface area contributed by atoms with Crippen molar-refractivity contribution in [2.75, 3.05) is 10.6 Å². The number of nitrogens with zero attached hydrogens (tertiary/aromatic N) is 3. The van der Waals surface area contributed by atoms with Gasteiger partial charge in [0.05, 0.1) is 17.1 Å². The predicted molar refractivity (Wildman–Crippen MR) is 97.9 cm³/mol. The molecule has 0 spiro atoms. The number of hydrogen-bond donors (Lipinski definition) is 4. The smallest absolute Gasteiger partial charge is 0.261 e. The lowest BCUT2D eigenvalue weighted by atomic mass is 10.3. The van der Waals surface area contributed by atoms with Crippen molar-refractivity contribution in [1.29, 1.82) is 0 Å². The Labute approximate surface area is 150 Å². The minimum atomic E-state index is -0.340. The van der Waals surface area contributed by atoms with Crippen LogP contribution in [0.1, 0.15) is 10.4 Å². The van der Waals surface area contributed by atoms with E-state index in [2.05, 4.69) is 51.7 Å². The molecule has 25 heavy (non-hydrogen) atoms. The van der Waals surface area contributed by atoms with Gasteiger partial charge in [0.1, 0.15) is 11.5 Å². The van der Waals surface area contributed by atoms with Crippen LogP contribution < -0.4 is 10.6 Å². The molecule has 3 heterocycles. The van der Waals surface area contributed by atoms with Crippen molar-refractivity contribution in [2.45, 2.75) is 0 Å². The molecule has 1 amide bonds. The number of carbonyl (C=O) groups excluding carboxylic acids is 1. The van der Waals surface area contributed by atoms with Gasteiger partial charge in [0, 0.05) is 22.6 Å². The highest BCUT2D eigenvalue weighted by Gasteiger charge is 2.13. The van der Waals surface area contributed by atoms with Crippen LogP contribution in [-0.4, -0.2) is 31.1 Å². The number of anilines is 3. The summed E-state index contributed by atoms with van der Waals surface area (Å²) >= 11 is 3.44. The first-order chi connectivity index (χ1) is 12.2. The number of nitrogens with one attached hydrogen (secondary N) is 4. The van der Waals surface area contributed by atoms with Gasteiger partial charge in [-0.1, -0.05) is 22.0 Å². The lowest BCUT2D eigenvalue weighted by Gasteiger charge is -2.09. The van der Waals surface area contributed by atoms with Gasteiger partial charge in [0.25, 0.3) is 5.91 Å². The van der Waals surface area contributed by atoms with E-state index in [1.165, 1.54) is 12.4 Å². The predicted octanol–water partition coefficient (Wildman–Crippen LogP) is 3.44. The zero-order valence-corrected chi connectivity index (χ0v) is 14.3. The number of carbonyl (C=O) groups is 1. The third kappa shape index (κ3) is 3.22. The van der Waals surface area contributed by atoms with Crippen molar-refractivity contribution in [3.05, 3.63) is 59.0 Å². The fraction of sp³-hybridized carbons (Fsp3) is 0. The average molecular weight is 398 g/mol. The molecule has 8 nitrogen and oxygen atoms in total. The molecular formula is C16H12BrN7O. The van der Waals surface area contributed by atoms with Gasteiger partial charge >= 0.3 is 0 Å².